The van der Waals surface area contributed by atoms with E-state index in [4.69, 9.17) is 11.6 Å². The Kier molecular flexibility index (Phi) is 5.50. The van der Waals surface area contributed by atoms with Crippen molar-refractivity contribution in [3.05, 3.63) is 131 Å². The first kappa shape index (κ1) is 23.3. The van der Waals surface area contributed by atoms with Crippen LogP contribution in [0.25, 0.3) is 10.8 Å². The molecule has 4 nitrogen and oxygen atoms in total. The SMILES string of the molecule is C=CC1=CCC2C(=O)N(c3cccc(Cl)c3)C(=O)C2(c2ccccc2)C1c1c(O)ccc2ccccc12. The molecule has 0 saturated carbocycles. The number of nitrogens with zero attached hydrogens (tertiary/aromatic N) is 1. The van der Waals surface area contributed by atoms with Gasteiger partial charge in [-0.2, -0.15) is 0 Å². The summed E-state index contributed by atoms with van der Waals surface area (Å²) in [6.07, 6.45) is 4.10. The van der Waals surface area contributed by atoms with Gasteiger partial charge in [-0.05, 0) is 52.6 Å². The number of phenolic OH excluding ortho intramolecular Hbond substituents is 1. The van der Waals surface area contributed by atoms with Gasteiger partial charge in [-0.25, -0.2) is 4.90 Å². The largest absolute Gasteiger partial charge is 0.508 e. The highest BCUT2D eigenvalue weighted by Gasteiger charge is 2.66. The van der Waals surface area contributed by atoms with Gasteiger partial charge in [0.05, 0.1) is 17.0 Å². The number of hydrogen-bond acceptors (Lipinski definition) is 3. The van der Waals surface area contributed by atoms with Gasteiger partial charge >= 0.3 is 0 Å². The fourth-order valence-corrected chi connectivity index (χ4v) is 6.46. The Morgan fingerprint density at radius 1 is 0.946 bits per heavy atom. The summed E-state index contributed by atoms with van der Waals surface area (Å²) in [5.41, 5.74) is 1.30. The summed E-state index contributed by atoms with van der Waals surface area (Å²) < 4.78 is 0. The summed E-state index contributed by atoms with van der Waals surface area (Å²) in [4.78, 5) is 30.2. The number of phenols is 1. The maximum absolute atomic E-state index is 14.8. The van der Waals surface area contributed by atoms with Gasteiger partial charge in [0.25, 0.3) is 0 Å². The summed E-state index contributed by atoms with van der Waals surface area (Å²) in [6, 6.07) is 27.6. The summed E-state index contributed by atoms with van der Waals surface area (Å²) in [5, 5.41) is 13.5. The predicted octanol–water partition coefficient (Wildman–Crippen LogP) is 6.93. The molecule has 2 amide bonds. The van der Waals surface area contributed by atoms with E-state index in [1.54, 1.807) is 36.4 Å². The number of anilines is 1. The molecule has 1 aliphatic heterocycles. The minimum Gasteiger partial charge on any atom is -0.508 e. The van der Waals surface area contributed by atoms with Gasteiger partial charge in [0.15, 0.2) is 0 Å². The van der Waals surface area contributed by atoms with Crippen LogP contribution in [0.4, 0.5) is 5.69 Å². The van der Waals surface area contributed by atoms with Crippen molar-refractivity contribution in [1.29, 1.82) is 0 Å². The molecule has 0 radical (unpaired) electrons. The van der Waals surface area contributed by atoms with E-state index in [0.717, 1.165) is 21.9 Å². The monoisotopic (exact) mass is 505 g/mol. The van der Waals surface area contributed by atoms with Gasteiger partial charge in [0.1, 0.15) is 5.75 Å². The lowest BCUT2D eigenvalue weighted by atomic mass is 9.55. The van der Waals surface area contributed by atoms with Gasteiger partial charge in [-0.3, -0.25) is 9.59 Å². The molecule has 0 spiro atoms. The molecule has 4 aromatic carbocycles. The van der Waals surface area contributed by atoms with Crippen molar-refractivity contribution in [1.82, 2.24) is 0 Å². The molecule has 37 heavy (non-hydrogen) atoms. The van der Waals surface area contributed by atoms with Crippen LogP contribution in [0.1, 0.15) is 23.5 Å². The molecule has 1 fully saturated rings. The zero-order valence-corrected chi connectivity index (χ0v) is 20.7. The maximum atomic E-state index is 14.8. The number of rotatable bonds is 4. The molecule has 1 N–H and O–H groups in total. The van der Waals surface area contributed by atoms with E-state index in [0.29, 0.717) is 22.7 Å². The standard InChI is InChI=1S/C32H24ClNO3/c1-2-20-15-17-26-30(36)34(24-13-8-12-23(33)19-24)31(37)32(26,22-10-4-3-5-11-22)29(20)28-25-14-7-6-9-21(25)16-18-27(28)35/h2-16,18-19,26,29,35H,1,17H2. The third-order valence-corrected chi connectivity index (χ3v) is 8.03. The van der Waals surface area contributed by atoms with E-state index in [1.807, 2.05) is 66.7 Å². The van der Waals surface area contributed by atoms with Crippen molar-refractivity contribution in [3.63, 3.8) is 0 Å². The van der Waals surface area contributed by atoms with E-state index in [1.165, 1.54) is 4.90 Å². The molecular formula is C32H24ClNO3. The molecule has 182 valence electrons. The van der Waals surface area contributed by atoms with Crippen LogP contribution in [-0.4, -0.2) is 16.9 Å². The van der Waals surface area contributed by atoms with E-state index in [-0.39, 0.29) is 17.6 Å². The van der Waals surface area contributed by atoms with Crippen molar-refractivity contribution >= 4 is 39.9 Å². The number of carbonyl (C=O) groups excluding carboxylic acids is 2. The molecule has 0 aromatic heterocycles. The van der Waals surface area contributed by atoms with Gasteiger partial charge < -0.3 is 5.11 Å². The highest BCUT2D eigenvalue weighted by Crippen LogP contribution is 2.60. The van der Waals surface area contributed by atoms with Crippen LogP contribution in [0, 0.1) is 5.92 Å². The van der Waals surface area contributed by atoms with Crippen molar-refractivity contribution in [2.75, 3.05) is 4.90 Å². The Hall–Kier alpha value is -4.15. The topological polar surface area (TPSA) is 57.6 Å². The number of aromatic hydroxyl groups is 1. The normalized spacial score (nSPS) is 23.2. The fraction of sp³-hybridized carbons (Fsp3) is 0.125. The van der Waals surface area contributed by atoms with E-state index in [9.17, 15) is 14.7 Å². The molecular weight excluding hydrogens is 482 g/mol. The number of fused-ring (bicyclic) bond motifs is 2. The van der Waals surface area contributed by atoms with Crippen molar-refractivity contribution < 1.29 is 14.7 Å². The lowest BCUT2D eigenvalue weighted by molar-refractivity contribution is -0.123. The summed E-state index contributed by atoms with van der Waals surface area (Å²) in [6.45, 7) is 4.06. The quantitative estimate of drug-likeness (QED) is 0.306. The Bertz CT molecular complexity index is 1610. The molecule has 3 unspecified atom stereocenters. The zero-order valence-electron chi connectivity index (χ0n) is 20.0. The van der Waals surface area contributed by atoms with Crippen LogP contribution in [-0.2, 0) is 15.0 Å². The predicted molar refractivity (Wildman–Crippen MR) is 147 cm³/mol. The van der Waals surface area contributed by atoms with Crippen LogP contribution in [0.5, 0.6) is 5.75 Å². The first-order valence-electron chi connectivity index (χ1n) is 12.2. The molecule has 1 heterocycles. The summed E-state index contributed by atoms with van der Waals surface area (Å²) in [7, 11) is 0. The van der Waals surface area contributed by atoms with Gasteiger partial charge in [-0.15, -0.1) is 0 Å². The minimum absolute atomic E-state index is 0.0776. The van der Waals surface area contributed by atoms with Gasteiger partial charge in [0.2, 0.25) is 11.8 Å². The average Bonchev–Trinajstić information content (AvgIpc) is 3.15. The molecule has 0 bridgehead atoms. The first-order valence-corrected chi connectivity index (χ1v) is 12.6. The number of hydrogen-bond donors (Lipinski definition) is 1. The molecule has 5 heteroatoms. The Labute approximate surface area is 220 Å². The zero-order chi connectivity index (χ0) is 25.7. The van der Waals surface area contributed by atoms with Gasteiger partial charge in [-0.1, -0.05) is 97.1 Å². The maximum Gasteiger partial charge on any atom is 0.246 e. The van der Waals surface area contributed by atoms with Crippen LogP contribution in [0.2, 0.25) is 5.02 Å². The summed E-state index contributed by atoms with van der Waals surface area (Å²) in [5.74, 6) is -1.85. The summed E-state index contributed by atoms with van der Waals surface area (Å²) >= 11 is 6.27. The van der Waals surface area contributed by atoms with Crippen molar-refractivity contribution in [3.8, 4) is 5.75 Å². The molecule has 1 saturated heterocycles. The highest BCUT2D eigenvalue weighted by molar-refractivity contribution is 6.32. The van der Waals surface area contributed by atoms with Gasteiger partial charge in [0, 0.05) is 16.5 Å². The smallest absolute Gasteiger partial charge is 0.246 e. The second-order valence-corrected chi connectivity index (χ2v) is 9.98. The number of halogens is 1. The van der Waals surface area contributed by atoms with E-state index in [2.05, 4.69) is 6.58 Å². The molecule has 4 aromatic rings. The lowest BCUT2D eigenvalue weighted by Crippen LogP contribution is -2.48. The van der Waals surface area contributed by atoms with Crippen LogP contribution >= 0.6 is 11.6 Å². The molecule has 6 rings (SSSR count). The van der Waals surface area contributed by atoms with E-state index >= 15 is 0 Å². The number of benzene rings is 4. The lowest BCUT2D eigenvalue weighted by Gasteiger charge is -2.43. The minimum atomic E-state index is -1.29. The van der Waals surface area contributed by atoms with Crippen LogP contribution < -0.4 is 4.90 Å². The Morgan fingerprint density at radius 2 is 1.70 bits per heavy atom. The Morgan fingerprint density at radius 3 is 2.46 bits per heavy atom. The van der Waals surface area contributed by atoms with Crippen LogP contribution in [0.15, 0.2) is 115 Å². The third-order valence-electron chi connectivity index (χ3n) is 7.79. The average molecular weight is 506 g/mol. The number of imide groups is 1. The second kappa shape index (κ2) is 8.75. The van der Waals surface area contributed by atoms with Crippen molar-refractivity contribution in [2.24, 2.45) is 5.92 Å². The molecule has 3 atom stereocenters. The fourth-order valence-electron chi connectivity index (χ4n) is 6.28. The molecule has 2 aliphatic rings. The second-order valence-electron chi connectivity index (χ2n) is 9.54. The number of carbonyl (C=O) groups is 2. The third kappa shape index (κ3) is 3.29. The van der Waals surface area contributed by atoms with Crippen molar-refractivity contribution in [2.45, 2.75) is 17.8 Å². The van der Waals surface area contributed by atoms with Crippen LogP contribution in [0.3, 0.4) is 0 Å². The molecule has 1 aliphatic carbocycles. The Balaban J connectivity index is 1.71. The number of amides is 2. The highest BCUT2D eigenvalue weighted by atomic mass is 35.5. The van der Waals surface area contributed by atoms with E-state index < -0.39 is 17.3 Å². The first-order chi connectivity index (χ1) is 18.0. The number of allylic oxidation sites excluding steroid dienone is 3.